The van der Waals surface area contributed by atoms with E-state index in [1.165, 1.54) is 44.2 Å². The van der Waals surface area contributed by atoms with Crippen molar-refractivity contribution in [1.29, 1.82) is 5.26 Å². The van der Waals surface area contributed by atoms with E-state index in [0.29, 0.717) is 17.1 Å². The minimum atomic E-state index is -3.68. The molecule has 0 atom stereocenters. The van der Waals surface area contributed by atoms with Gasteiger partial charge in [0.05, 0.1) is 11.5 Å². The summed E-state index contributed by atoms with van der Waals surface area (Å²) in [6.07, 6.45) is 2.18. The molecule has 1 aromatic heterocycles. The van der Waals surface area contributed by atoms with Crippen LogP contribution >= 0.6 is 11.5 Å². The zero-order valence-corrected chi connectivity index (χ0v) is 17.9. The van der Waals surface area contributed by atoms with Gasteiger partial charge in [0.2, 0.25) is 15.0 Å². The summed E-state index contributed by atoms with van der Waals surface area (Å²) in [6.45, 7) is 2.97. The molecule has 1 aromatic carbocycles. The van der Waals surface area contributed by atoms with Crippen molar-refractivity contribution >= 4 is 48.6 Å². The molecule has 154 valence electrons. The molecule has 0 aliphatic rings. The van der Waals surface area contributed by atoms with Crippen LogP contribution in [0.25, 0.3) is 6.08 Å². The van der Waals surface area contributed by atoms with E-state index in [1.807, 2.05) is 0 Å². The molecular weight excluding hydrogens is 440 g/mol. The summed E-state index contributed by atoms with van der Waals surface area (Å²) in [7, 11) is -7.35. The summed E-state index contributed by atoms with van der Waals surface area (Å²) >= 11 is 0.681. The third kappa shape index (κ3) is 6.08. The van der Waals surface area contributed by atoms with E-state index < -0.39 is 36.3 Å². The minimum absolute atomic E-state index is 0.0627. The molecule has 0 aliphatic heterocycles. The fourth-order valence-corrected chi connectivity index (χ4v) is 4.02. The van der Waals surface area contributed by atoms with Gasteiger partial charge in [-0.25, -0.2) is 8.42 Å². The molecule has 29 heavy (non-hydrogen) atoms. The molecule has 0 unspecified atom stereocenters. The molecule has 0 fully saturated rings. The number of hydrogen-bond acceptors (Lipinski definition) is 10. The van der Waals surface area contributed by atoms with E-state index in [0.717, 1.165) is 6.26 Å². The van der Waals surface area contributed by atoms with Gasteiger partial charge in [-0.1, -0.05) is 12.1 Å². The number of sulfone groups is 1. The molecule has 1 heterocycles. The summed E-state index contributed by atoms with van der Waals surface area (Å²) in [6, 6.07) is 7.40. The molecule has 0 saturated carbocycles. The fraction of sp³-hybridized carbons (Fsp3) is 0.250. The molecule has 0 spiro atoms. The first-order chi connectivity index (χ1) is 13.4. The number of amides is 1. The lowest BCUT2D eigenvalue weighted by molar-refractivity contribution is -0.112. The van der Waals surface area contributed by atoms with Gasteiger partial charge in [0.1, 0.15) is 17.4 Å². The van der Waals surface area contributed by atoms with Crippen LogP contribution in [0.5, 0.6) is 5.75 Å². The Labute approximate surface area is 172 Å². The molecule has 1 N–H and O–H groups in total. The molecule has 2 aromatic rings. The average molecular weight is 457 g/mol. The lowest BCUT2D eigenvalue weighted by Gasteiger charge is -2.03. The van der Waals surface area contributed by atoms with Crippen LogP contribution in [0.4, 0.5) is 5.13 Å². The average Bonchev–Trinajstić information content (AvgIpc) is 3.08. The lowest BCUT2D eigenvalue weighted by atomic mass is 10.1. The highest BCUT2D eigenvalue weighted by atomic mass is 32.2. The molecular formula is C16H16N4O6S3. The number of nitriles is 1. The lowest BCUT2D eigenvalue weighted by Crippen LogP contribution is -2.16. The molecule has 13 heteroatoms. The predicted octanol–water partition coefficient (Wildman–Crippen LogP) is 1.60. The van der Waals surface area contributed by atoms with E-state index >= 15 is 0 Å². The highest BCUT2D eigenvalue weighted by Crippen LogP contribution is 2.20. The predicted molar refractivity (Wildman–Crippen MR) is 106 cm³/mol. The second kappa shape index (κ2) is 8.68. The van der Waals surface area contributed by atoms with Gasteiger partial charge in [-0.15, -0.1) is 0 Å². The first-order valence-electron chi connectivity index (χ1n) is 7.92. The number of carbonyl (C=O) groups is 1. The minimum Gasteiger partial charge on any atom is -0.383 e. The smallest absolute Gasteiger partial charge is 0.306 e. The zero-order chi connectivity index (χ0) is 21.8. The number of carbonyl (C=O) groups excluding carboxylic acids is 1. The fourth-order valence-electron chi connectivity index (χ4n) is 1.86. The number of benzene rings is 1. The molecule has 10 nitrogen and oxygen atoms in total. The van der Waals surface area contributed by atoms with Gasteiger partial charge < -0.3 is 4.18 Å². The van der Waals surface area contributed by atoms with Gasteiger partial charge in [0.15, 0.2) is 0 Å². The number of nitrogens with one attached hydrogen (secondary N) is 1. The summed E-state index contributed by atoms with van der Waals surface area (Å²) < 4.78 is 54.7. The van der Waals surface area contributed by atoms with E-state index in [-0.39, 0.29) is 16.5 Å². The number of hydrogen-bond donors (Lipinski definition) is 1. The Bertz CT molecular complexity index is 1190. The topological polar surface area (TPSA) is 156 Å². The highest BCUT2D eigenvalue weighted by Gasteiger charge is 2.25. The van der Waals surface area contributed by atoms with E-state index in [2.05, 4.69) is 14.7 Å². The summed E-state index contributed by atoms with van der Waals surface area (Å²) in [5.41, 5.74) is 0.170. The number of anilines is 1. The second-order valence-electron chi connectivity index (χ2n) is 5.96. The molecule has 1 amide bonds. The van der Waals surface area contributed by atoms with Crippen LogP contribution in [0.15, 0.2) is 35.0 Å². The molecule has 0 aliphatic carbocycles. The van der Waals surface area contributed by atoms with Crippen molar-refractivity contribution in [2.45, 2.75) is 24.3 Å². The zero-order valence-electron chi connectivity index (χ0n) is 15.5. The van der Waals surface area contributed by atoms with Crippen LogP contribution in [0.3, 0.4) is 0 Å². The Morgan fingerprint density at radius 3 is 2.38 bits per heavy atom. The van der Waals surface area contributed by atoms with Gasteiger partial charge in [0.25, 0.3) is 11.1 Å². The van der Waals surface area contributed by atoms with Crippen molar-refractivity contribution in [3.05, 3.63) is 35.4 Å². The number of nitrogens with zero attached hydrogens (tertiary/aromatic N) is 3. The summed E-state index contributed by atoms with van der Waals surface area (Å²) in [4.78, 5) is 16.1. The molecule has 2 rings (SSSR count). The first kappa shape index (κ1) is 22.5. The van der Waals surface area contributed by atoms with Crippen molar-refractivity contribution in [1.82, 2.24) is 9.36 Å². The summed E-state index contributed by atoms with van der Waals surface area (Å²) in [5, 5.41) is 10.4. The Morgan fingerprint density at radius 1 is 1.24 bits per heavy atom. The second-order valence-corrected chi connectivity index (χ2v) is 10.7. The maximum atomic E-state index is 12.3. The van der Waals surface area contributed by atoms with E-state index in [1.54, 1.807) is 6.07 Å². The normalized spacial score (nSPS) is 12.4. The maximum Gasteiger partial charge on any atom is 0.306 e. The van der Waals surface area contributed by atoms with Crippen LogP contribution in [-0.2, 0) is 24.7 Å². The first-order valence-corrected chi connectivity index (χ1v) is 12.1. The number of rotatable bonds is 7. The SMILES string of the molecule is CC(C)S(=O)(=O)c1nsc(NC(=O)/C(C#N)=C\c2ccc(OS(C)(=O)=O)cc2)n1. The largest absolute Gasteiger partial charge is 0.383 e. The van der Waals surface area contributed by atoms with Crippen LogP contribution < -0.4 is 9.50 Å². The van der Waals surface area contributed by atoms with Gasteiger partial charge >= 0.3 is 10.1 Å². The van der Waals surface area contributed by atoms with Gasteiger partial charge in [-0.05, 0) is 37.6 Å². The van der Waals surface area contributed by atoms with Gasteiger partial charge in [0, 0.05) is 11.5 Å². The van der Waals surface area contributed by atoms with Crippen molar-refractivity contribution < 1.29 is 25.8 Å². The van der Waals surface area contributed by atoms with E-state index in [4.69, 9.17) is 4.18 Å². The van der Waals surface area contributed by atoms with Crippen molar-refractivity contribution in [3.63, 3.8) is 0 Å². The van der Waals surface area contributed by atoms with Crippen LogP contribution in [0.1, 0.15) is 19.4 Å². The van der Waals surface area contributed by atoms with Crippen molar-refractivity contribution in [2.75, 3.05) is 11.6 Å². The van der Waals surface area contributed by atoms with Crippen LogP contribution in [0.2, 0.25) is 0 Å². The van der Waals surface area contributed by atoms with Crippen molar-refractivity contribution in [3.8, 4) is 11.8 Å². The standard InChI is InChI=1S/C16H16N4O6S3/c1-10(2)29(24,25)16-19-15(27-20-16)18-14(21)12(9-17)8-11-4-6-13(7-5-11)26-28(3,22)23/h4-8,10H,1-3H3,(H,18,19,20,21)/b12-8-. The monoisotopic (exact) mass is 456 g/mol. The van der Waals surface area contributed by atoms with Crippen LogP contribution in [0, 0.1) is 11.3 Å². The van der Waals surface area contributed by atoms with Crippen molar-refractivity contribution in [2.24, 2.45) is 0 Å². The molecule has 0 radical (unpaired) electrons. The molecule has 0 saturated heterocycles. The third-order valence-electron chi connectivity index (χ3n) is 3.31. The van der Waals surface area contributed by atoms with Gasteiger partial charge in [-0.3, -0.25) is 10.1 Å². The van der Waals surface area contributed by atoms with Gasteiger partial charge in [-0.2, -0.15) is 23.0 Å². The third-order valence-corrected chi connectivity index (χ3v) is 6.48. The summed E-state index contributed by atoms with van der Waals surface area (Å²) in [5.74, 6) is -0.714. The quantitative estimate of drug-likeness (QED) is 0.371. The maximum absolute atomic E-state index is 12.3. The highest BCUT2D eigenvalue weighted by molar-refractivity contribution is 7.91. The number of aromatic nitrogens is 2. The Kier molecular flexibility index (Phi) is 6.73. The van der Waals surface area contributed by atoms with Crippen LogP contribution in [-0.4, -0.2) is 43.6 Å². The Balaban J connectivity index is 2.17. The van der Waals surface area contributed by atoms with E-state index in [9.17, 15) is 26.9 Å². The Morgan fingerprint density at radius 2 is 1.86 bits per heavy atom. The Hall–Kier alpha value is -2.82. The molecule has 0 bridgehead atoms.